The lowest BCUT2D eigenvalue weighted by Crippen LogP contribution is -2.10. The monoisotopic (exact) mass is 872 g/mol. The highest BCUT2D eigenvalue weighted by Crippen LogP contribution is 2.47. The second-order valence-corrected chi connectivity index (χ2v) is 17.6. The van der Waals surface area contributed by atoms with E-state index in [0.29, 0.717) is 0 Å². The molecular formula is C62H36N2O4. The lowest BCUT2D eigenvalue weighted by Gasteiger charge is -2.26. The molecule has 318 valence electrons. The number of nitrogens with zero attached hydrogens (tertiary/aromatic N) is 2. The first-order valence-electron chi connectivity index (χ1n) is 22.9. The Morgan fingerprint density at radius 1 is 0.235 bits per heavy atom. The Hall–Kier alpha value is -9.26. The first-order valence-corrected chi connectivity index (χ1v) is 22.9. The lowest BCUT2D eigenvalue weighted by atomic mass is 10.0. The second-order valence-electron chi connectivity index (χ2n) is 17.6. The molecule has 4 aromatic heterocycles. The van der Waals surface area contributed by atoms with Crippen LogP contribution in [0.15, 0.2) is 236 Å². The number of furan rings is 4. The molecule has 6 heteroatoms. The van der Waals surface area contributed by atoms with Crippen LogP contribution in [0.3, 0.4) is 0 Å². The van der Waals surface area contributed by atoms with Gasteiger partial charge in [-0.25, -0.2) is 0 Å². The van der Waals surface area contributed by atoms with Crippen molar-refractivity contribution in [3.63, 3.8) is 0 Å². The van der Waals surface area contributed by atoms with Crippen molar-refractivity contribution < 1.29 is 17.7 Å². The smallest absolute Gasteiger partial charge is 0.178 e. The van der Waals surface area contributed by atoms with Crippen LogP contribution >= 0.6 is 0 Å². The standard InChI is InChI=1S/C62H36N2O4/c1-3-13-41(14-4-1)63(51-19-11-23-55-59(51)47-17-7-9-21-53(47)65-55)43-27-25-37-33-49-45-29-30-46-50-34-38-26-28-44(32-40(38)36-58(50)68-62(46)61(45)67-57(49)35-39(37)31-43)64(42-15-5-2-6-16-42)52-20-12-24-56-60(52)48-18-8-10-22-54(48)66-56/h1-36H. The molecule has 0 fully saturated rings. The zero-order valence-corrected chi connectivity index (χ0v) is 36.3. The molecule has 0 radical (unpaired) electrons. The molecule has 0 N–H and O–H groups in total. The van der Waals surface area contributed by atoms with E-state index >= 15 is 0 Å². The van der Waals surface area contributed by atoms with Gasteiger partial charge in [0, 0.05) is 55.1 Å². The second kappa shape index (κ2) is 14.1. The van der Waals surface area contributed by atoms with Gasteiger partial charge in [-0.1, -0.05) is 97.1 Å². The summed E-state index contributed by atoms with van der Waals surface area (Å²) in [7, 11) is 0. The lowest BCUT2D eigenvalue weighted by molar-refractivity contribution is 0.634. The van der Waals surface area contributed by atoms with Crippen molar-refractivity contribution in [3.05, 3.63) is 218 Å². The predicted molar refractivity (Wildman–Crippen MR) is 280 cm³/mol. The van der Waals surface area contributed by atoms with Gasteiger partial charge in [-0.2, -0.15) is 0 Å². The maximum Gasteiger partial charge on any atom is 0.178 e. The van der Waals surface area contributed by atoms with Crippen molar-refractivity contribution >= 4 is 143 Å². The molecule has 0 amide bonds. The van der Waals surface area contributed by atoms with Gasteiger partial charge >= 0.3 is 0 Å². The summed E-state index contributed by atoms with van der Waals surface area (Å²) in [6.07, 6.45) is 0. The molecular weight excluding hydrogens is 837 g/mol. The van der Waals surface area contributed by atoms with Gasteiger partial charge in [0.2, 0.25) is 0 Å². The van der Waals surface area contributed by atoms with Crippen LogP contribution in [-0.4, -0.2) is 0 Å². The number of benzene rings is 11. The first-order chi connectivity index (χ1) is 33.7. The Bertz CT molecular complexity index is 4230. The van der Waals surface area contributed by atoms with Crippen LogP contribution in [0.2, 0.25) is 0 Å². The quantitative estimate of drug-likeness (QED) is 0.166. The van der Waals surface area contributed by atoms with Crippen molar-refractivity contribution in [2.45, 2.75) is 0 Å². The van der Waals surface area contributed by atoms with Gasteiger partial charge in [-0.15, -0.1) is 0 Å². The first kappa shape index (κ1) is 37.0. The van der Waals surface area contributed by atoms with Crippen LogP contribution in [0.1, 0.15) is 0 Å². The van der Waals surface area contributed by atoms with Crippen molar-refractivity contribution in [1.82, 2.24) is 0 Å². The highest BCUT2D eigenvalue weighted by molar-refractivity contribution is 6.22. The van der Waals surface area contributed by atoms with Gasteiger partial charge in [-0.05, 0) is 143 Å². The maximum absolute atomic E-state index is 6.84. The Morgan fingerprint density at radius 2 is 0.662 bits per heavy atom. The van der Waals surface area contributed by atoms with Gasteiger partial charge < -0.3 is 27.5 Å². The van der Waals surface area contributed by atoms with Gasteiger partial charge in [0.15, 0.2) is 11.2 Å². The third-order valence-electron chi connectivity index (χ3n) is 13.7. The van der Waals surface area contributed by atoms with E-state index in [1.54, 1.807) is 0 Å². The molecule has 68 heavy (non-hydrogen) atoms. The number of hydrogen-bond donors (Lipinski definition) is 0. The third-order valence-corrected chi connectivity index (χ3v) is 13.7. The molecule has 15 rings (SSSR count). The molecule has 11 aromatic carbocycles. The summed E-state index contributed by atoms with van der Waals surface area (Å²) in [5.74, 6) is 0. The number of fused-ring (bicyclic) bond motifs is 15. The highest BCUT2D eigenvalue weighted by Gasteiger charge is 2.23. The zero-order chi connectivity index (χ0) is 44.5. The molecule has 6 nitrogen and oxygen atoms in total. The average molecular weight is 873 g/mol. The summed E-state index contributed by atoms with van der Waals surface area (Å²) in [5, 5.41) is 12.9. The van der Waals surface area contributed by atoms with E-state index in [0.717, 1.165) is 143 Å². The van der Waals surface area contributed by atoms with Crippen LogP contribution in [0.4, 0.5) is 34.1 Å². The third kappa shape index (κ3) is 5.46. The van der Waals surface area contributed by atoms with E-state index in [9.17, 15) is 0 Å². The Morgan fingerprint density at radius 3 is 1.13 bits per heavy atom. The minimum atomic E-state index is 0.745. The van der Waals surface area contributed by atoms with E-state index in [1.807, 2.05) is 36.4 Å². The van der Waals surface area contributed by atoms with Crippen molar-refractivity contribution in [2.24, 2.45) is 0 Å². The molecule has 4 heterocycles. The van der Waals surface area contributed by atoms with Crippen LogP contribution in [0, 0.1) is 0 Å². The molecule has 0 spiro atoms. The molecule has 0 aliphatic rings. The van der Waals surface area contributed by atoms with E-state index in [4.69, 9.17) is 17.7 Å². The minimum absolute atomic E-state index is 0.745. The molecule has 0 saturated heterocycles. The summed E-state index contributed by atoms with van der Waals surface area (Å²) in [5.41, 5.74) is 12.8. The van der Waals surface area contributed by atoms with Gasteiger partial charge in [0.25, 0.3) is 0 Å². The fraction of sp³-hybridized carbons (Fsp3) is 0. The van der Waals surface area contributed by atoms with E-state index in [2.05, 4.69) is 192 Å². The predicted octanol–water partition coefficient (Wildman–Crippen LogP) is 18.5. The fourth-order valence-corrected chi connectivity index (χ4v) is 10.7. The van der Waals surface area contributed by atoms with Gasteiger partial charge in [-0.3, -0.25) is 0 Å². The summed E-state index contributed by atoms with van der Waals surface area (Å²) in [6.45, 7) is 0. The molecule has 0 unspecified atom stereocenters. The van der Waals surface area contributed by atoms with Crippen LogP contribution in [0.25, 0.3) is 109 Å². The van der Waals surface area contributed by atoms with E-state index < -0.39 is 0 Å². The van der Waals surface area contributed by atoms with Crippen molar-refractivity contribution in [2.75, 3.05) is 9.80 Å². The number of hydrogen-bond acceptors (Lipinski definition) is 6. The largest absolute Gasteiger partial charge is 0.456 e. The molecule has 15 aromatic rings. The number of anilines is 6. The molecule has 0 saturated carbocycles. The number of para-hydroxylation sites is 4. The molecule has 0 atom stereocenters. The highest BCUT2D eigenvalue weighted by atomic mass is 16.4. The van der Waals surface area contributed by atoms with Gasteiger partial charge in [0.05, 0.1) is 22.1 Å². The van der Waals surface area contributed by atoms with Crippen molar-refractivity contribution in [3.8, 4) is 0 Å². The van der Waals surface area contributed by atoms with E-state index in [-0.39, 0.29) is 0 Å². The maximum atomic E-state index is 6.84. The summed E-state index contributed by atoms with van der Waals surface area (Å²) in [4.78, 5) is 4.64. The summed E-state index contributed by atoms with van der Waals surface area (Å²) >= 11 is 0. The molecule has 0 aliphatic carbocycles. The Kier molecular flexibility index (Phi) is 7.69. The van der Waals surface area contributed by atoms with Crippen LogP contribution < -0.4 is 9.80 Å². The molecule has 0 bridgehead atoms. The summed E-state index contributed by atoms with van der Waals surface area (Å²) < 4.78 is 26.4. The van der Waals surface area contributed by atoms with Crippen LogP contribution in [0.5, 0.6) is 0 Å². The van der Waals surface area contributed by atoms with Crippen molar-refractivity contribution in [1.29, 1.82) is 0 Å². The molecule has 0 aliphatic heterocycles. The minimum Gasteiger partial charge on any atom is -0.456 e. The topological polar surface area (TPSA) is 59.0 Å². The van der Waals surface area contributed by atoms with Gasteiger partial charge in [0.1, 0.15) is 33.5 Å². The zero-order valence-electron chi connectivity index (χ0n) is 36.3. The summed E-state index contributed by atoms with van der Waals surface area (Å²) in [6, 6.07) is 76.6. The Labute approximate surface area is 387 Å². The normalized spacial score (nSPS) is 12.1. The fourth-order valence-electron chi connectivity index (χ4n) is 10.7. The average Bonchev–Trinajstić information content (AvgIpc) is 4.16. The van der Waals surface area contributed by atoms with Crippen LogP contribution in [-0.2, 0) is 0 Å². The number of rotatable bonds is 6. The Balaban J connectivity index is 0.863. The van der Waals surface area contributed by atoms with E-state index in [1.165, 1.54) is 0 Å². The SMILES string of the molecule is c1ccc(N(c2ccc3cc4c(cc3c2)oc2c4ccc3c4cc5ccc(N(c6ccccc6)c6cccc7oc8ccccc8c67)cc5cc4oc32)c2cccc3oc4ccccc4c23)cc1.